The quantitative estimate of drug-likeness (QED) is 0.866. The predicted molar refractivity (Wildman–Crippen MR) is 84.4 cm³/mol. The molecule has 0 N–H and O–H groups in total. The molecule has 0 spiro atoms. The molecule has 2 fully saturated rings. The van der Waals surface area contributed by atoms with E-state index >= 15 is 0 Å². The lowest BCUT2D eigenvalue weighted by Gasteiger charge is -2.19. The van der Waals surface area contributed by atoms with E-state index in [0.29, 0.717) is 12.5 Å². The fourth-order valence-electron chi connectivity index (χ4n) is 3.11. The van der Waals surface area contributed by atoms with E-state index in [1.54, 1.807) is 0 Å². The van der Waals surface area contributed by atoms with Gasteiger partial charge in [0.05, 0.1) is 17.3 Å². The summed E-state index contributed by atoms with van der Waals surface area (Å²) < 4.78 is 10.8. The minimum absolute atomic E-state index is 0.247. The van der Waals surface area contributed by atoms with E-state index in [1.807, 2.05) is 18.2 Å². The number of nitrogens with zero attached hydrogens (tertiary/aromatic N) is 3. The Morgan fingerprint density at radius 3 is 2.82 bits per heavy atom. The van der Waals surface area contributed by atoms with Crippen LogP contribution in [0.1, 0.15) is 31.0 Å². The molecule has 0 radical (unpaired) electrons. The molecule has 116 valence electrons. The van der Waals surface area contributed by atoms with Gasteiger partial charge in [0.25, 0.3) is 5.89 Å². The molecule has 4 rings (SSSR count). The molecule has 2 aliphatic heterocycles. The summed E-state index contributed by atoms with van der Waals surface area (Å²) in [5.41, 5.74) is 1.96. The first kappa shape index (κ1) is 14.0. The maximum Gasteiger partial charge on any atom is 0.257 e. The van der Waals surface area contributed by atoms with Gasteiger partial charge in [0, 0.05) is 31.2 Å². The van der Waals surface area contributed by atoms with Crippen molar-refractivity contribution in [2.75, 3.05) is 31.2 Å². The van der Waals surface area contributed by atoms with Crippen LogP contribution in [0.3, 0.4) is 0 Å². The van der Waals surface area contributed by atoms with Crippen LogP contribution in [0.2, 0.25) is 5.02 Å². The highest BCUT2D eigenvalue weighted by Crippen LogP contribution is 2.33. The molecule has 0 saturated carbocycles. The fourth-order valence-corrected chi connectivity index (χ4v) is 3.41. The Labute approximate surface area is 134 Å². The molecule has 6 heteroatoms. The molecule has 3 heterocycles. The summed E-state index contributed by atoms with van der Waals surface area (Å²) in [4.78, 5) is 6.82. The van der Waals surface area contributed by atoms with Crippen molar-refractivity contribution >= 4 is 17.3 Å². The minimum Gasteiger partial charge on any atom is -0.381 e. The van der Waals surface area contributed by atoms with E-state index in [1.165, 1.54) is 12.8 Å². The number of aromatic nitrogens is 2. The van der Waals surface area contributed by atoms with Crippen molar-refractivity contribution in [3.8, 4) is 11.5 Å². The van der Waals surface area contributed by atoms with Crippen molar-refractivity contribution in [1.29, 1.82) is 0 Å². The van der Waals surface area contributed by atoms with E-state index in [-0.39, 0.29) is 5.92 Å². The van der Waals surface area contributed by atoms with E-state index < -0.39 is 0 Å². The Balaban J connectivity index is 1.58. The zero-order chi connectivity index (χ0) is 14.9. The summed E-state index contributed by atoms with van der Waals surface area (Å²) in [6, 6.07) is 5.96. The van der Waals surface area contributed by atoms with Crippen LogP contribution in [0, 0.1) is 0 Å². The van der Waals surface area contributed by atoms with Crippen LogP contribution in [-0.4, -0.2) is 36.4 Å². The highest BCUT2D eigenvalue weighted by atomic mass is 35.5. The molecule has 0 unspecified atom stereocenters. The average Bonchev–Trinajstić information content (AvgIpc) is 3.28. The lowest BCUT2D eigenvalue weighted by Crippen LogP contribution is -2.17. The third kappa shape index (κ3) is 2.59. The Kier molecular flexibility index (Phi) is 3.76. The minimum atomic E-state index is 0.247. The largest absolute Gasteiger partial charge is 0.381 e. The van der Waals surface area contributed by atoms with Gasteiger partial charge in [-0.2, -0.15) is 4.98 Å². The van der Waals surface area contributed by atoms with Crippen LogP contribution in [0.4, 0.5) is 5.69 Å². The van der Waals surface area contributed by atoms with E-state index in [4.69, 9.17) is 20.9 Å². The first-order valence-electron chi connectivity index (χ1n) is 7.77. The van der Waals surface area contributed by atoms with Crippen LogP contribution >= 0.6 is 11.6 Å². The summed E-state index contributed by atoms with van der Waals surface area (Å²) in [5.74, 6) is 1.50. The number of anilines is 1. The summed E-state index contributed by atoms with van der Waals surface area (Å²) in [7, 11) is 0. The SMILES string of the molecule is Clc1cc(-c2nc([C@@H]3CCOC3)no2)ccc1N1CCCC1. The van der Waals surface area contributed by atoms with Gasteiger partial charge in [-0.25, -0.2) is 0 Å². The molecule has 2 aliphatic rings. The lowest BCUT2D eigenvalue weighted by molar-refractivity contribution is 0.192. The van der Waals surface area contributed by atoms with Gasteiger partial charge in [0.1, 0.15) is 0 Å². The number of rotatable bonds is 3. The molecular formula is C16H18ClN3O2. The fraction of sp³-hybridized carbons (Fsp3) is 0.500. The van der Waals surface area contributed by atoms with Crippen LogP contribution in [0.15, 0.2) is 22.7 Å². The Hall–Kier alpha value is -1.59. The maximum absolute atomic E-state index is 6.44. The van der Waals surface area contributed by atoms with Gasteiger partial charge in [-0.15, -0.1) is 0 Å². The van der Waals surface area contributed by atoms with E-state index in [0.717, 1.165) is 48.2 Å². The predicted octanol–water partition coefficient (Wildman–Crippen LogP) is 3.49. The van der Waals surface area contributed by atoms with Crippen LogP contribution in [0.25, 0.3) is 11.5 Å². The molecule has 0 bridgehead atoms. The molecule has 1 atom stereocenters. The van der Waals surface area contributed by atoms with Gasteiger partial charge in [-0.3, -0.25) is 0 Å². The summed E-state index contributed by atoms with van der Waals surface area (Å²) in [6.07, 6.45) is 3.41. The van der Waals surface area contributed by atoms with Gasteiger partial charge < -0.3 is 14.2 Å². The Morgan fingerprint density at radius 2 is 2.09 bits per heavy atom. The molecular weight excluding hydrogens is 302 g/mol. The maximum atomic E-state index is 6.44. The second-order valence-electron chi connectivity index (χ2n) is 5.88. The van der Waals surface area contributed by atoms with Crippen molar-refractivity contribution in [3.63, 3.8) is 0 Å². The molecule has 22 heavy (non-hydrogen) atoms. The van der Waals surface area contributed by atoms with Crippen LogP contribution in [0.5, 0.6) is 0 Å². The molecule has 1 aromatic carbocycles. The lowest BCUT2D eigenvalue weighted by atomic mass is 10.1. The topological polar surface area (TPSA) is 51.4 Å². The average molecular weight is 320 g/mol. The van der Waals surface area contributed by atoms with Crippen LogP contribution < -0.4 is 4.90 Å². The normalized spacial score (nSPS) is 21.7. The summed E-state index contributed by atoms with van der Waals surface area (Å²) in [5, 5.41) is 4.82. The molecule has 2 aromatic rings. The Bertz CT molecular complexity index is 661. The van der Waals surface area contributed by atoms with Gasteiger partial charge in [0.2, 0.25) is 0 Å². The number of hydrogen-bond acceptors (Lipinski definition) is 5. The van der Waals surface area contributed by atoms with E-state index in [2.05, 4.69) is 15.0 Å². The van der Waals surface area contributed by atoms with Crippen molar-refractivity contribution in [2.24, 2.45) is 0 Å². The van der Waals surface area contributed by atoms with E-state index in [9.17, 15) is 0 Å². The molecule has 2 saturated heterocycles. The number of halogens is 1. The van der Waals surface area contributed by atoms with Gasteiger partial charge in [0.15, 0.2) is 5.82 Å². The third-order valence-electron chi connectivity index (χ3n) is 4.38. The number of hydrogen-bond donors (Lipinski definition) is 0. The molecule has 0 aliphatic carbocycles. The molecule has 0 amide bonds. The van der Waals surface area contributed by atoms with Gasteiger partial charge in [-0.05, 0) is 37.5 Å². The van der Waals surface area contributed by atoms with Crippen LogP contribution in [-0.2, 0) is 4.74 Å². The zero-order valence-corrected chi connectivity index (χ0v) is 13.1. The first-order chi connectivity index (χ1) is 10.8. The van der Waals surface area contributed by atoms with Gasteiger partial charge >= 0.3 is 0 Å². The van der Waals surface area contributed by atoms with Gasteiger partial charge in [-0.1, -0.05) is 16.8 Å². The van der Waals surface area contributed by atoms with Crippen molar-refractivity contribution in [1.82, 2.24) is 10.1 Å². The monoisotopic (exact) mass is 319 g/mol. The number of benzene rings is 1. The second-order valence-corrected chi connectivity index (χ2v) is 6.29. The standard InChI is InChI=1S/C16H18ClN3O2/c17-13-9-11(3-4-14(13)20-6-1-2-7-20)16-18-15(19-22-16)12-5-8-21-10-12/h3-4,9,12H,1-2,5-8,10H2/t12-/m1/s1. The highest BCUT2D eigenvalue weighted by Gasteiger charge is 2.24. The number of ether oxygens (including phenoxy) is 1. The van der Waals surface area contributed by atoms with Crippen molar-refractivity contribution in [3.05, 3.63) is 29.0 Å². The summed E-state index contributed by atoms with van der Waals surface area (Å²) in [6.45, 7) is 3.59. The van der Waals surface area contributed by atoms with Crippen molar-refractivity contribution < 1.29 is 9.26 Å². The second kappa shape index (κ2) is 5.89. The molecule has 1 aromatic heterocycles. The highest BCUT2D eigenvalue weighted by molar-refractivity contribution is 6.33. The zero-order valence-electron chi connectivity index (χ0n) is 12.3. The smallest absolute Gasteiger partial charge is 0.257 e. The summed E-state index contributed by atoms with van der Waals surface area (Å²) >= 11 is 6.44. The first-order valence-corrected chi connectivity index (χ1v) is 8.15. The molecule has 5 nitrogen and oxygen atoms in total. The van der Waals surface area contributed by atoms with Crippen molar-refractivity contribution in [2.45, 2.75) is 25.2 Å². The third-order valence-corrected chi connectivity index (χ3v) is 4.68. The Morgan fingerprint density at radius 1 is 1.23 bits per heavy atom.